The van der Waals surface area contributed by atoms with Crippen molar-refractivity contribution in [3.05, 3.63) is 17.3 Å². The lowest BCUT2D eigenvalue weighted by atomic mass is 10.3. The number of nitrogens with zero attached hydrogens (tertiary/aromatic N) is 2. The SMILES string of the molecule is CC.Cc1cc(C)c(N)nn1. The minimum Gasteiger partial charge on any atom is -0.382 e. The largest absolute Gasteiger partial charge is 0.382 e. The van der Waals surface area contributed by atoms with Crippen LogP contribution < -0.4 is 5.73 Å². The predicted octanol–water partition coefficient (Wildman–Crippen LogP) is 1.70. The first-order valence-corrected chi connectivity index (χ1v) is 3.76. The Balaban J connectivity index is 0.000000461. The molecule has 1 rings (SSSR count). The molecule has 0 unspecified atom stereocenters. The zero-order valence-corrected chi connectivity index (χ0v) is 7.55. The topological polar surface area (TPSA) is 51.8 Å². The minimum atomic E-state index is 0.514. The number of rotatable bonds is 0. The van der Waals surface area contributed by atoms with E-state index in [1.165, 1.54) is 0 Å². The quantitative estimate of drug-likeness (QED) is 0.617. The number of hydrogen-bond acceptors (Lipinski definition) is 3. The van der Waals surface area contributed by atoms with E-state index in [2.05, 4.69) is 10.2 Å². The third kappa shape index (κ3) is 2.98. The number of hydrogen-bond donors (Lipinski definition) is 1. The van der Waals surface area contributed by atoms with Gasteiger partial charge in [-0.1, -0.05) is 13.8 Å². The van der Waals surface area contributed by atoms with Gasteiger partial charge in [-0.3, -0.25) is 0 Å². The summed E-state index contributed by atoms with van der Waals surface area (Å²) in [4.78, 5) is 0. The van der Waals surface area contributed by atoms with Crippen molar-refractivity contribution in [2.45, 2.75) is 27.7 Å². The summed E-state index contributed by atoms with van der Waals surface area (Å²) in [6, 6.07) is 1.91. The Morgan fingerprint density at radius 3 is 2.09 bits per heavy atom. The van der Waals surface area contributed by atoms with E-state index in [9.17, 15) is 0 Å². The van der Waals surface area contributed by atoms with Gasteiger partial charge in [0.1, 0.15) is 5.82 Å². The van der Waals surface area contributed by atoms with Crippen LogP contribution in [0.1, 0.15) is 25.1 Å². The average Bonchev–Trinajstić information content (AvgIpc) is 2.02. The lowest BCUT2D eigenvalue weighted by molar-refractivity contribution is 0.977. The van der Waals surface area contributed by atoms with E-state index >= 15 is 0 Å². The summed E-state index contributed by atoms with van der Waals surface area (Å²) in [5.74, 6) is 0.514. The van der Waals surface area contributed by atoms with E-state index in [0.29, 0.717) is 5.82 Å². The first kappa shape index (κ1) is 9.88. The average molecular weight is 153 g/mol. The van der Waals surface area contributed by atoms with E-state index in [-0.39, 0.29) is 0 Å². The van der Waals surface area contributed by atoms with Gasteiger partial charge in [0.05, 0.1) is 5.69 Å². The van der Waals surface area contributed by atoms with Gasteiger partial charge in [0.2, 0.25) is 0 Å². The fourth-order valence-electron chi connectivity index (χ4n) is 0.628. The molecule has 0 aliphatic heterocycles. The Hall–Kier alpha value is -1.12. The van der Waals surface area contributed by atoms with E-state index < -0.39 is 0 Å². The molecule has 0 atom stereocenters. The molecule has 0 bridgehead atoms. The molecular formula is C8H15N3. The summed E-state index contributed by atoms with van der Waals surface area (Å²) >= 11 is 0. The molecule has 3 heteroatoms. The van der Waals surface area contributed by atoms with Gasteiger partial charge in [0.15, 0.2) is 0 Å². The predicted molar refractivity (Wildman–Crippen MR) is 47.3 cm³/mol. The van der Waals surface area contributed by atoms with Crippen LogP contribution >= 0.6 is 0 Å². The highest BCUT2D eigenvalue weighted by molar-refractivity contribution is 5.36. The number of nitrogens with two attached hydrogens (primary N) is 1. The second-order valence-corrected chi connectivity index (χ2v) is 2.05. The molecule has 0 aliphatic rings. The molecule has 1 aromatic rings. The van der Waals surface area contributed by atoms with Crippen molar-refractivity contribution in [1.82, 2.24) is 10.2 Å². The van der Waals surface area contributed by atoms with Gasteiger partial charge in [-0.25, -0.2) is 0 Å². The van der Waals surface area contributed by atoms with Crippen LogP contribution in [0.5, 0.6) is 0 Å². The van der Waals surface area contributed by atoms with Crippen molar-refractivity contribution < 1.29 is 0 Å². The van der Waals surface area contributed by atoms with Gasteiger partial charge >= 0.3 is 0 Å². The van der Waals surface area contributed by atoms with Crippen molar-refractivity contribution in [2.75, 3.05) is 5.73 Å². The molecule has 0 aromatic carbocycles. The minimum absolute atomic E-state index is 0.514. The maximum absolute atomic E-state index is 5.42. The highest BCUT2D eigenvalue weighted by atomic mass is 15.1. The first-order chi connectivity index (χ1) is 5.20. The molecule has 0 fully saturated rings. The standard InChI is InChI=1S/C6H9N3.C2H6/c1-4-3-5(2)8-9-6(4)7;1-2/h3H,1-2H3,(H2,7,9);1-2H3. The van der Waals surface area contributed by atoms with Crippen LogP contribution in [-0.2, 0) is 0 Å². The number of aromatic nitrogens is 2. The number of aryl methyl sites for hydroxylation is 2. The summed E-state index contributed by atoms with van der Waals surface area (Å²) < 4.78 is 0. The Morgan fingerprint density at radius 1 is 1.18 bits per heavy atom. The van der Waals surface area contributed by atoms with Gasteiger partial charge in [0.25, 0.3) is 0 Å². The highest BCUT2D eigenvalue weighted by Gasteiger charge is 1.92. The summed E-state index contributed by atoms with van der Waals surface area (Å²) in [5.41, 5.74) is 7.31. The fraction of sp³-hybridized carbons (Fsp3) is 0.500. The van der Waals surface area contributed by atoms with E-state index in [0.717, 1.165) is 11.3 Å². The molecule has 0 radical (unpaired) electrons. The lowest BCUT2D eigenvalue weighted by Crippen LogP contribution is -1.97. The summed E-state index contributed by atoms with van der Waals surface area (Å²) in [6.07, 6.45) is 0. The maximum atomic E-state index is 5.42. The third-order valence-corrected chi connectivity index (χ3v) is 1.14. The molecular weight excluding hydrogens is 138 g/mol. The highest BCUT2D eigenvalue weighted by Crippen LogP contribution is 2.04. The Morgan fingerprint density at radius 2 is 1.73 bits per heavy atom. The van der Waals surface area contributed by atoms with Crippen LogP contribution in [0.15, 0.2) is 6.07 Å². The first-order valence-electron chi connectivity index (χ1n) is 3.76. The van der Waals surface area contributed by atoms with Crippen LogP contribution in [0, 0.1) is 13.8 Å². The van der Waals surface area contributed by atoms with Gasteiger partial charge in [0, 0.05) is 0 Å². The number of nitrogen functional groups attached to an aromatic ring is 1. The van der Waals surface area contributed by atoms with Crippen LogP contribution in [-0.4, -0.2) is 10.2 Å². The van der Waals surface area contributed by atoms with E-state index in [1.807, 2.05) is 33.8 Å². The van der Waals surface area contributed by atoms with Crippen molar-refractivity contribution >= 4 is 5.82 Å². The molecule has 0 saturated heterocycles. The second-order valence-electron chi connectivity index (χ2n) is 2.05. The van der Waals surface area contributed by atoms with Crippen molar-refractivity contribution in [3.63, 3.8) is 0 Å². The monoisotopic (exact) mass is 153 g/mol. The molecule has 1 aromatic heterocycles. The smallest absolute Gasteiger partial charge is 0.149 e. The van der Waals surface area contributed by atoms with Crippen LogP contribution in [0.3, 0.4) is 0 Å². The molecule has 62 valence electrons. The van der Waals surface area contributed by atoms with Crippen molar-refractivity contribution in [1.29, 1.82) is 0 Å². The summed E-state index contributed by atoms with van der Waals surface area (Å²) in [7, 11) is 0. The van der Waals surface area contributed by atoms with Crippen molar-refractivity contribution in [3.8, 4) is 0 Å². The Bertz CT molecular complexity index is 221. The molecule has 11 heavy (non-hydrogen) atoms. The van der Waals surface area contributed by atoms with Crippen molar-refractivity contribution in [2.24, 2.45) is 0 Å². The zero-order valence-electron chi connectivity index (χ0n) is 7.55. The fourth-order valence-corrected chi connectivity index (χ4v) is 0.628. The molecule has 3 nitrogen and oxygen atoms in total. The normalized spacial score (nSPS) is 8.36. The molecule has 0 aliphatic carbocycles. The van der Waals surface area contributed by atoms with Crippen LogP contribution in [0.2, 0.25) is 0 Å². The van der Waals surface area contributed by atoms with Gasteiger partial charge in [-0.05, 0) is 25.5 Å². The summed E-state index contributed by atoms with van der Waals surface area (Å²) in [6.45, 7) is 7.80. The van der Waals surface area contributed by atoms with Gasteiger partial charge in [-0.15, -0.1) is 5.10 Å². The molecule has 2 N–H and O–H groups in total. The molecule has 0 spiro atoms. The molecule has 0 saturated carbocycles. The summed E-state index contributed by atoms with van der Waals surface area (Å²) in [5, 5.41) is 7.47. The third-order valence-electron chi connectivity index (χ3n) is 1.14. The Labute approximate surface area is 67.6 Å². The maximum Gasteiger partial charge on any atom is 0.149 e. The molecule has 1 heterocycles. The van der Waals surface area contributed by atoms with Crippen LogP contribution in [0.4, 0.5) is 5.82 Å². The van der Waals surface area contributed by atoms with Gasteiger partial charge < -0.3 is 5.73 Å². The van der Waals surface area contributed by atoms with Crippen LogP contribution in [0.25, 0.3) is 0 Å². The van der Waals surface area contributed by atoms with Gasteiger partial charge in [-0.2, -0.15) is 5.10 Å². The molecule has 0 amide bonds. The Kier molecular flexibility index (Phi) is 4.18. The van der Waals surface area contributed by atoms with E-state index in [1.54, 1.807) is 0 Å². The second kappa shape index (κ2) is 4.66. The zero-order chi connectivity index (χ0) is 8.85. The lowest BCUT2D eigenvalue weighted by Gasteiger charge is -1.95. The van der Waals surface area contributed by atoms with E-state index in [4.69, 9.17) is 5.73 Å². The number of anilines is 1.